The predicted octanol–water partition coefficient (Wildman–Crippen LogP) is -0.715. The molecule has 0 bridgehead atoms. The van der Waals surface area contributed by atoms with E-state index in [4.69, 9.17) is 9.66 Å². The third-order valence-corrected chi connectivity index (χ3v) is 1.85. The maximum Gasteiger partial charge on any atom is 0.261 e. The van der Waals surface area contributed by atoms with Gasteiger partial charge in [0, 0.05) is 11.4 Å². The maximum absolute atomic E-state index is 9.19. The molecule has 98 valence electrons. The van der Waals surface area contributed by atoms with Crippen molar-refractivity contribution in [1.82, 2.24) is 5.01 Å². The van der Waals surface area contributed by atoms with Crippen LogP contribution in [-0.4, -0.2) is 36.1 Å². The minimum absolute atomic E-state index is 0.0985. The first-order chi connectivity index (χ1) is 8.40. The van der Waals surface area contributed by atoms with Crippen LogP contribution in [0.25, 0.3) is 6.08 Å². The van der Waals surface area contributed by atoms with E-state index in [1.807, 2.05) is 36.4 Å². The van der Waals surface area contributed by atoms with Crippen molar-refractivity contribution in [2.24, 2.45) is 5.10 Å². The molecule has 1 heterocycles. The van der Waals surface area contributed by atoms with Crippen LogP contribution in [0.4, 0.5) is 0 Å². The smallest absolute Gasteiger partial charge is 0.261 e. The van der Waals surface area contributed by atoms with Gasteiger partial charge in [-0.25, -0.2) is 5.01 Å². The molecule has 0 radical (unpaired) electrons. The highest BCUT2D eigenvalue weighted by molar-refractivity contribution is 7.85. The first kappa shape index (κ1) is 14.4. The van der Waals surface area contributed by atoms with Crippen LogP contribution < -0.4 is 10.6 Å². The van der Waals surface area contributed by atoms with Crippen LogP contribution in [0.1, 0.15) is 0 Å². The van der Waals surface area contributed by atoms with E-state index >= 15 is 0 Å². The zero-order valence-electron chi connectivity index (χ0n) is 9.76. The number of rotatable bonds is 1. The molecule has 1 aromatic rings. The van der Waals surface area contributed by atoms with E-state index in [1.165, 1.54) is 5.01 Å². The minimum atomic E-state index is -3.67. The molecule has 7 heteroatoms. The molecule has 1 aromatic carbocycles. The normalized spacial score (nSPS) is 13.4. The third-order valence-electron chi connectivity index (χ3n) is 1.85. The van der Waals surface area contributed by atoms with Crippen molar-refractivity contribution in [3.8, 4) is 0 Å². The van der Waals surface area contributed by atoms with Crippen LogP contribution >= 0.6 is 0 Å². The lowest BCUT2D eigenvalue weighted by Crippen LogP contribution is -2.26. The highest BCUT2D eigenvalue weighted by Gasteiger charge is 1.94. The fourth-order valence-corrected chi connectivity index (χ4v) is 1.22. The summed E-state index contributed by atoms with van der Waals surface area (Å²) < 4.78 is 25.9. The van der Waals surface area contributed by atoms with Crippen LogP contribution in [0.5, 0.6) is 0 Å². The van der Waals surface area contributed by atoms with Crippen LogP contribution in [-0.2, 0) is 10.1 Å². The summed E-state index contributed by atoms with van der Waals surface area (Å²) in [5, 5.41) is 16.6. The molecule has 0 atom stereocenters. The van der Waals surface area contributed by atoms with Crippen LogP contribution in [0, 0.1) is 0 Å². The van der Waals surface area contributed by atoms with Crippen LogP contribution in [0.15, 0.2) is 41.6 Å². The Morgan fingerprint density at radius 1 is 1.33 bits per heavy atom. The Morgan fingerprint density at radius 3 is 2.56 bits per heavy atom. The lowest BCUT2D eigenvalue weighted by Gasteiger charge is -2.07. The summed E-state index contributed by atoms with van der Waals surface area (Å²) in [6.45, 7) is -0.0985. The van der Waals surface area contributed by atoms with E-state index < -0.39 is 10.1 Å². The zero-order valence-corrected chi connectivity index (χ0v) is 10.6. The number of aliphatic hydroxyl groups is 1. The number of fused-ring (bicyclic) bond motifs is 1. The second kappa shape index (κ2) is 6.29. The predicted molar refractivity (Wildman–Crippen MR) is 67.2 cm³/mol. The second-order valence-electron chi connectivity index (χ2n) is 3.48. The largest absolute Gasteiger partial charge is 0.374 e. The van der Waals surface area contributed by atoms with Crippen molar-refractivity contribution in [2.75, 3.05) is 13.0 Å². The fourth-order valence-electron chi connectivity index (χ4n) is 1.22. The number of benzene rings is 1. The van der Waals surface area contributed by atoms with E-state index in [0.717, 1.165) is 10.6 Å². The first-order valence-electron chi connectivity index (χ1n) is 5.02. The lowest BCUT2D eigenvalue weighted by molar-refractivity contribution is 0.151. The van der Waals surface area contributed by atoms with Crippen molar-refractivity contribution in [1.29, 1.82) is 0 Å². The van der Waals surface area contributed by atoms with Gasteiger partial charge in [0.2, 0.25) is 0 Å². The number of hydrogen-bond donors (Lipinski definition) is 2. The molecular weight excluding hydrogens is 256 g/mol. The Labute approximate surface area is 105 Å². The molecule has 0 aromatic heterocycles. The quantitative estimate of drug-likeness (QED) is 0.658. The summed E-state index contributed by atoms with van der Waals surface area (Å²) in [4.78, 5) is 0. The van der Waals surface area contributed by atoms with Gasteiger partial charge in [-0.05, 0) is 12.1 Å². The molecule has 1 aliphatic rings. The number of nitrogens with zero attached hydrogens (tertiary/aromatic N) is 2. The Bertz CT molecular complexity index is 629. The van der Waals surface area contributed by atoms with Gasteiger partial charge in [0.25, 0.3) is 10.1 Å². The lowest BCUT2D eigenvalue weighted by atomic mass is 10.3. The van der Waals surface area contributed by atoms with Gasteiger partial charge in [-0.2, -0.15) is 13.5 Å². The van der Waals surface area contributed by atoms with E-state index in [-0.39, 0.29) is 6.73 Å². The topological polar surface area (TPSA) is 90.2 Å². The summed E-state index contributed by atoms with van der Waals surface area (Å²) in [5.74, 6) is 0. The summed E-state index contributed by atoms with van der Waals surface area (Å²) in [6.07, 6.45) is 6.28. The van der Waals surface area contributed by atoms with Crippen LogP contribution in [0.3, 0.4) is 0 Å². The SMILES string of the molecule is CS(=O)(=O)O.OCN1C=CC=c2ccccc2=N1. The average molecular weight is 270 g/mol. The molecular formula is C11H14N2O4S. The highest BCUT2D eigenvalue weighted by Crippen LogP contribution is 1.90. The maximum atomic E-state index is 9.19. The van der Waals surface area contributed by atoms with Gasteiger partial charge in [0.05, 0.1) is 11.6 Å². The molecule has 6 nitrogen and oxygen atoms in total. The first-order valence-corrected chi connectivity index (χ1v) is 6.87. The average Bonchev–Trinajstić information content (AvgIpc) is 2.48. The summed E-state index contributed by atoms with van der Waals surface area (Å²) in [6, 6.07) is 7.80. The zero-order chi connectivity index (χ0) is 13.6. The summed E-state index contributed by atoms with van der Waals surface area (Å²) in [5.41, 5.74) is 0. The van der Waals surface area contributed by atoms with Crippen molar-refractivity contribution in [2.45, 2.75) is 0 Å². The third kappa shape index (κ3) is 5.58. The van der Waals surface area contributed by atoms with Gasteiger partial charge < -0.3 is 5.11 Å². The van der Waals surface area contributed by atoms with Gasteiger partial charge >= 0.3 is 0 Å². The molecule has 2 rings (SSSR count). The van der Waals surface area contributed by atoms with E-state index in [0.29, 0.717) is 6.26 Å². The minimum Gasteiger partial charge on any atom is -0.374 e. The van der Waals surface area contributed by atoms with Gasteiger partial charge in [-0.15, -0.1) is 0 Å². The van der Waals surface area contributed by atoms with Gasteiger partial charge in [0.15, 0.2) is 0 Å². The van der Waals surface area contributed by atoms with E-state index in [2.05, 4.69) is 5.10 Å². The van der Waals surface area contributed by atoms with Gasteiger partial charge in [0.1, 0.15) is 6.73 Å². The highest BCUT2D eigenvalue weighted by atomic mass is 32.2. The molecule has 0 saturated heterocycles. The van der Waals surface area contributed by atoms with Gasteiger partial charge in [-0.1, -0.05) is 24.3 Å². The van der Waals surface area contributed by atoms with Crippen molar-refractivity contribution in [3.05, 3.63) is 47.1 Å². The summed E-state index contributed by atoms with van der Waals surface area (Å²) in [7, 11) is -3.67. The Hall–Kier alpha value is -1.70. The van der Waals surface area contributed by atoms with Crippen LogP contribution in [0.2, 0.25) is 0 Å². The molecule has 0 saturated carbocycles. The van der Waals surface area contributed by atoms with Crippen molar-refractivity contribution in [3.63, 3.8) is 0 Å². The van der Waals surface area contributed by atoms with Crippen molar-refractivity contribution < 1.29 is 18.1 Å². The summed E-state index contributed by atoms with van der Waals surface area (Å²) >= 11 is 0. The molecule has 0 spiro atoms. The number of hydrogen-bond acceptors (Lipinski definition) is 5. The second-order valence-corrected chi connectivity index (χ2v) is 4.95. The standard InChI is InChI=1S/C10H10N2O.CH4O3S/c13-8-12-7-3-5-9-4-1-2-6-10(9)11-12;1-5(2,3)4/h1-7,13H,8H2;1H3,(H,2,3,4). The van der Waals surface area contributed by atoms with Gasteiger partial charge in [-0.3, -0.25) is 4.55 Å². The van der Waals surface area contributed by atoms with E-state index in [1.54, 1.807) is 6.20 Å². The monoisotopic (exact) mass is 270 g/mol. The number of allylic oxidation sites excluding steroid dienone is 1. The molecule has 2 N–H and O–H groups in total. The molecule has 1 aliphatic heterocycles. The van der Waals surface area contributed by atoms with E-state index in [9.17, 15) is 8.42 Å². The fraction of sp³-hybridized carbons (Fsp3) is 0.182. The molecule has 0 fully saturated rings. The molecule has 0 amide bonds. The Morgan fingerprint density at radius 2 is 1.94 bits per heavy atom. The molecule has 0 unspecified atom stereocenters. The molecule has 18 heavy (non-hydrogen) atoms. The van der Waals surface area contributed by atoms with Crippen molar-refractivity contribution >= 4 is 16.2 Å². The Balaban J connectivity index is 0.000000280. The Kier molecular flexibility index (Phi) is 5.02. The molecule has 0 aliphatic carbocycles. The number of aliphatic hydroxyl groups excluding tert-OH is 1.